The Hall–Kier alpha value is -2.67. The van der Waals surface area contributed by atoms with Crippen molar-refractivity contribution in [2.75, 3.05) is 11.9 Å². The van der Waals surface area contributed by atoms with Crippen molar-refractivity contribution in [3.8, 4) is 11.4 Å². The molecule has 1 amide bonds. The molecule has 0 unspecified atom stereocenters. The Morgan fingerprint density at radius 3 is 2.60 bits per heavy atom. The number of aromatic nitrogens is 2. The van der Waals surface area contributed by atoms with Crippen molar-refractivity contribution in [3.63, 3.8) is 0 Å². The summed E-state index contributed by atoms with van der Waals surface area (Å²) in [5.74, 6) is -0.0985. The minimum absolute atomic E-state index is 0.152. The van der Waals surface area contributed by atoms with Crippen molar-refractivity contribution in [1.29, 1.82) is 0 Å². The standard InChI is InChI=1S/C22H21Cl2N3O3/c1-13-6-7-19(18(24)10-13)26-20(29)12-27-21(15-4-3-5-16(23)11-15)25-14(2)17(8-9-28)22(27)30/h3-7,10-11,28H,8-9,12H2,1-2H3,(H,26,29). The minimum Gasteiger partial charge on any atom is -0.396 e. The van der Waals surface area contributed by atoms with E-state index in [1.54, 1.807) is 43.3 Å². The summed E-state index contributed by atoms with van der Waals surface area (Å²) in [4.78, 5) is 30.4. The normalized spacial score (nSPS) is 10.8. The Bertz CT molecular complexity index is 1160. The number of aliphatic hydroxyl groups is 1. The first-order valence-electron chi connectivity index (χ1n) is 9.33. The molecule has 0 aliphatic carbocycles. The monoisotopic (exact) mass is 445 g/mol. The first kappa shape index (κ1) is 22.0. The smallest absolute Gasteiger partial charge is 0.257 e. The number of benzene rings is 2. The van der Waals surface area contributed by atoms with Gasteiger partial charge < -0.3 is 10.4 Å². The topological polar surface area (TPSA) is 84.2 Å². The summed E-state index contributed by atoms with van der Waals surface area (Å²) in [6.07, 6.45) is 0.152. The Kier molecular flexibility index (Phi) is 6.92. The molecule has 0 atom stereocenters. The zero-order valence-corrected chi connectivity index (χ0v) is 18.1. The molecule has 0 bridgehead atoms. The second-order valence-electron chi connectivity index (χ2n) is 6.91. The number of carbonyl (C=O) groups is 1. The van der Waals surface area contributed by atoms with Gasteiger partial charge in [0.05, 0.1) is 10.7 Å². The van der Waals surface area contributed by atoms with Crippen LogP contribution in [0.15, 0.2) is 47.3 Å². The van der Waals surface area contributed by atoms with E-state index in [1.165, 1.54) is 4.57 Å². The molecule has 0 fully saturated rings. The number of aryl methyl sites for hydroxylation is 2. The van der Waals surface area contributed by atoms with Gasteiger partial charge in [-0.15, -0.1) is 0 Å². The number of rotatable bonds is 6. The molecule has 0 saturated carbocycles. The Morgan fingerprint density at radius 1 is 1.17 bits per heavy atom. The number of nitrogens with zero attached hydrogens (tertiary/aromatic N) is 2. The number of halogens is 2. The van der Waals surface area contributed by atoms with Crippen LogP contribution in [0.25, 0.3) is 11.4 Å². The van der Waals surface area contributed by atoms with Gasteiger partial charge in [-0.2, -0.15) is 0 Å². The van der Waals surface area contributed by atoms with Crippen LogP contribution in [-0.2, 0) is 17.8 Å². The molecule has 2 aromatic carbocycles. The van der Waals surface area contributed by atoms with Gasteiger partial charge in [0.2, 0.25) is 5.91 Å². The molecule has 0 aliphatic heterocycles. The van der Waals surface area contributed by atoms with Gasteiger partial charge in [-0.25, -0.2) is 4.98 Å². The van der Waals surface area contributed by atoms with E-state index in [2.05, 4.69) is 10.3 Å². The van der Waals surface area contributed by atoms with Crippen molar-refractivity contribution < 1.29 is 9.90 Å². The minimum atomic E-state index is -0.424. The highest BCUT2D eigenvalue weighted by Crippen LogP contribution is 2.24. The molecule has 0 aliphatic rings. The molecular weight excluding hydrogens is 425 g/mol. The lowest BCUT2D eigenvalue weighted by Crippen LogP contribution is -2.33. The Morgan fingerprint density at radius 2 is 1.93 bits per heavy atom. The maximum Gasteiger partial charge on any atom is 0.257 e. The fraction of sp³-hybridized carbons (Fsp3) is 0.227. The molecule has 156 valence electrons. The third-order valence-electron chi connectivity index (χ3n) is 4.61. The number of hydrogen-bond donors (Lipinski definition) is 2. The van der Waals surface area contributed by atoms with Gasteiger partial charge in [-0.1, -0.05) is 41.4 Å². The lowest BCUT2D eigenvalue weighted by molar-refractivity contribution is -0.116. The first-order valence-corrected chi connectivity index (χ1v) is 10.1. The second-order valence-corrected chi connectivity index (χ2v) is 7.75. The molecule has 8 heteroatoms. The van der Waals surface area contributed by atoms with Crippen molar-refractivity contribution in [3.05, 3.63) is 79.7 Å². The average molecular weight is 446 g/mol. The summed E-state index contributed by atoms with van der Waals surface area (Å²) >= 11 is 12.3. The summed E-state index contributed by atoms with van der Waals surface area (Å²) in [6.45, 7) is 3.14. The van der Waals surface area contributed by atoms with Crippen LogP contribution >= 0.6 is 23.2 Å². The van der Waals surface area contributed by atoms with E-state index in [9.17, 15) is 14.7 Å². The Labute approximate surface area is 184 Å². The number of hydrogen-bond acceptors (Lipinski definition) is 4. The number of amides is 1. The van der Waals surface area contributed by atoms with E-state index in [4.69, 9.17) is 23.2 Å². The van der Waals surface area contributed by atoms with Crippen molar-refractivity contribution in [2.24, 2.45) is 0 Å². The summed E-state index contributed by atoms with van der Waals surface area (Å²) in [7, 11) is 0. The average Bonchev–Trinajstić information content (AvgIpc) is 2.69. The van der Waals surface area contributed by atoms with Gasteiger partial charge >= 0.3 is 0 Å². The van der Waals surface area contributed by atoms with E-state index in [-0.39, 0.29) is 25.1 Å². The fourth-order valence-corrected chi connectivity index (χ4v) is 3.62. The molecule has 6 nitrogen and oxygen atoms in total. The van der Waals surface area contributed by atoms with Crippen LogP contribution in [0.4, 0.5) is 5.69 Å². The van der Waals surface area contributed by atoms with Crippen molar-refractivity contribution in [1.82, 2.24) is 9.55 Å². The van der Waals surface area contributed by atoms with Gasteiger partial charge in [0, 0.05) is 34.9 Å². The number of anilines is 1. The predicted molar refractivity (Wildman–Crippen MR) is 119 cm³/mol. The molecule has 0 spiro atoms. The van der Waals surface area contributed by atoms with Crippen LogP contribution in [0.1, 0.15) is 16.8 Å². The van der Waals surface area contributed by atoms with E-state index in [0.29, 0.717) is 38.4 Å². The third kappa shape index (κ3) is 4.90. The van der Waals surface area contributed by atoms with Crippen LogP contribution in [0, 0.1) is 13.8 Å². The lowest BCUT2D eigenvalue weighted by atomic mass is 10.1. The van der Waals surface area contributed by atoms with Gasteiger partial charge in [0.1, 0.15) is 12.4 Å². The first-order chi connectivity index (χ1) is 14.3. The number of nitrogens with one attached hydrogen (secondary N) is 1. The van der Waals surface area contributed by atoms with Crippen LogP contribution in [0.3, 0.4) is 0 Å². The van der Waals surface area contributed by atoms with Crippen molar-refractivity contribution in [2.45, 2.75) is 26.8 Å². The molecule has 1 aromatic heterocycles. The Balaban J connectivity index is 2.03. The van der Waals surface area contributed by atoms with E-state index < -0.39 is 5.91 Å². The van der Waals surface area contributed by atoms with Gasteiger partial charge in [-0.05, 0) is 43.7 Å². The number of aliphatic hydroxyl groups excluding tert-OH is 1. The van der Waals surface area contributed by atoms with E-state index >= 15 is 0 Å². The van der Waals surface area contributed by atoms with Crippen LogP contribution in [0.2, 0.25) is 10.0 Å². The van der Waals surface area contributed by atoms with Gasteiger partial charge in [0.15, 0.2) is 0 Å². The van der Waals surface area contributed by atoms with Gasteiger partial charge in [0.25, 0.3) is 5.56 Å². The molecule has 2 N–H and O–H groups in total. The molecule has 0 radical (unpaired) electrons. The number of carbonyl (C=O) groups excluding carboxylic acids is 1. The summed E-state index contributed by atoms with van der Waals surface area (Å²) in [5, 5.41) is 13.0. The quantitative estimate of drug-likeness (QED) is 0.600. The third-order valence-corrected chi connectivity index (χ3v) is 5.16. The van der Waals surface area contributed by atoms with Crippen molar-refractivity contribution >= 4 is 34.8 Å². The second kappa shape index (κ2) is 9.43. The molecule has 0 saturated heterocycles. The molecule has 30 heavy (non-hydrogen) atoms. The van der Waals surface area contributed by atoms with E-state index in [0.717, 1.165) is 5.56 Å². The van der Waals surface area contributed by atoms with E-state index in [1.807, 2.05) is 13.0 Å². The maximum atomic E-state index is 13.1. The van der Waals surface area contributed by atoms with Crippen LogP contribution in [0.5, 0.6) is 0 Å². The molecule has 3 aromatic rings. The summed E-state index contributed by atoms with van der Waals surface area (Å²) < 4.78 is 1.29. The maximum absolute atomic E-state index is 13.1. The largest absolute Gasteiger partial charge is 0.396 e. The SMILES string of the molecule is Cc1ccc(NC(=O)Cn2c(-c3cccc(Cl)c3)nc(C)c(CCO)c2=O)c(Cl)c1. The highest BCUT2D eigenvalue weighted by molar-refractivity contribution is 6.33. The van der Waals surface area contributed by atoms with Crippen LogP contribution < -0.4 is 10.9 Å². The summed E-state index contributed by atoms with van der Waals surface area (Å²) in [5.41, 5.74) is 2.52. The fourth-order valence-electron chi connectivity index (χ4n) is 3.15. The zero-order valence-electron chi connectivity index (χ0n) is 16.6. The molecular formula is C22H21Cl2N3O3. The highest BCUT2D eigenvalue weighted by Gasteiger charge is 2.18. The molecule has 3 rings (SSSR count). The van der Waals surface area contributed by atoms with Crippen LogP contribution in [-0.4, -0.2) is 27.2 Å². The lowest BCUT2D eigenvalue weighted by Gasteiger charge is -2.16. The summed E-state index contributed by atoms with van der Waals surface area (Å²) in [6, 6.07) is 12.2. The predicted octanol–water partition coefficient (Wildman–Crippen LogP) is 4.01. The van der Waals surface area contributed by atoms with Gasteiger partial charge in [-0.3, -0.25) is 14.2 Å². The molecule has 1 heterocycles. The highest BCUT2D eigenvalue weighted by atomic mass is 35.5. The zero-order chi connectivity index (χ0) is 21.8.